The molecule has 0 spiro atoms. The van der Waals surface area contributed by atoms with Gasteiger partial charge >= 0.3 is 11.1 Å². The molecule has 2 aromatic rings. The fraction of sp³-hybridized carbons (Fsp3) is 0.471. The zero-order valence-electron chi connectivity index (χ0n) is 14.0. The molecule has 1 fully saturated rings. The lowest BCUT2D eigenvalue weighted by molar-refractivity contribution is 0.0917. The Labute approximate surface area is 139 Å². The number of benzene rings is 1. The van der Waals surface area contributed by atoms with Gasteiger partial charge in [-0.1, -0.05) is 0 Å². The van der Waals surface area contributed by atoms with E-state index in [2.05, 4.69) is 22.2 Å². The number of amides is 1. The van der Waals surface area contributed by atoms with Crippen molar-refractivity contribution < 1.29 is 4.79 Å². The van der Waals surface area contributed by atoms with E-state index < -0.39 is 11.1 Å². The highest BCUT2D eigenvalue weighted by atomic mass is 16.2. The zero-order chi connectivity index (χ0) is 17.3. The van der Waals surface area contributed by atoms with E-state index in [0.29, 0.717) is 23.1 Å². The average molecular weight is 330 g/mol. The van der Waals surface area contributed by atoms with Gasteiger partial charge in [-0.15, -0.1) is 0 Å². The highest BCUT2D eigenvalue weighted by molar-refractivity contribution is 5.97. The summed E-state index contributed by atoms with van der Waals surface area (Å²) in [5, 5.41) is 3.05. The van der Waals surface area contributed by atoms with Gasteiger partial charge in [0.25, 0.3) is 5.91 Å². The molecule has 1 amide bonds. The van der Waals surface area contributed by atoms with Crippen molar-refractivity contribution in [1.29, 1.82) is 0 Å². The Morgan fingerprint density at radius 1 is 1.29 bits per heavy atom. The van der Waals surface area contributed by atoms with Crippen LogP contribution in [-0.2, 0) is 6.54 Å². The predicted molar refractivity (Wildman–Crippen MR) is 92.5 cm³/mol. The first-order chi connectivity index (χ1) is 11.5. The molecule has 0 radical (unpaired) electrons. The summed E-state index contributed by atoms with van der Waals surface area (Å²) >= 11 is 0. The van der Waals surface area contributed by atoms with Crippen LogP contribution in [0.15, 0.2) is 27.8 Å². The molecule has 7 heteroatoms. The highest BCUT2D eigenvalue weighted by Gasteiger charge is 2.19. The van der Waals surface area contributed by atoms with E-state index in [-0.39, 0.29) is 11.9 Å². The zero-order valence-corrected chi connectivity index (χ0v) is 14.0. The number of aromatic nitrogens is 2. The number of hydrogen-bond acceptors (Lipinski definition) is 4. The molecule has 1 saturated heterocycles. The van der Waals surface area contributed by atoms with E-state index in [4.69, 9.17) is 0 Å². The molecule has 1 aliphatic heterocycles. The van der Waals surface area contributed by atoms with Crippen LogP contribution < -0.4 is 16.4 Å². The van der Waals surface area contributed by atoms with Gasteiger partial charge in [0.1, 0.15) is 0 Å². The summed E-state index contributed by atoms with van der Waals surface area (Å²) in [5.74, 6) is -0.151. The second kappa shape index (κ2) is 6.60. The predicted octanol–water partition coefficient (Wildman–Crippen LogP) is 0.534. The fourth-order valence-corrected chi connectivity index (χ4v) is 3.16. The summed E-state index contributed by atoms with van der Waals surface area (Å²) < 4.78 is 1.41. The fourth-order valence-electron chi connectivity index (χ4n) is 3.16. The van der Waals surface area contributed by atoms with Crippen molar-refractivity contribution in [2.24, 2.45) is 0 Å². The number of carbonyl (C=O) groups is 1. The normalized spacial score (nSPS) is 16.4. The lowest BCUT2D eigenvalue weighted by Gasteiger charge is -2.29. The number of hydrogen-bond donors (Lipinski definition) is 2. The topological polar surface area (TPSA) is 87.2 Å². The molecule has 0 aliphatic carbocycles. The van der Waals surface area contributed by atoms with Crippen molar-refractivity contribution in [3.8, 4) is 0 Å². The van der Waals surface area contributed by atoms with E-state index in [1.807, 2.05) is 0 Å². The number of carbonyl (C=O) groups excluding carboxylic acids is 1. The van der Waals surface area contributed by atoms with Gasteiger partial charge in [-0.3, -0.25) is 14.4 Å². The minimum atomic E-state index is -0.669. The maximum Gasteiger partial charge on any atom is 0.316 e. The molecule has 2 N–H and O–H groups in total. The van der Waals surface area contributed by atoms with E-state index in [9.17, 15) is 14.4 Å². The number of fused-ring (bicyclic) bond motifs is 1. The molecule has 0 atom stereocenters. The molecule has 0 saturated carbocycles. The first kappa shape index (κ1) is 16.4. The molecule has 7 nitrogen and oxygen atoms in total. The molecular weight excluding hydrogens is 308 g/mol. The molecule has 1 aliphatic rings. The SMILES string of the molecule is CCn1c(=O)c(=O)[nH]c2cc(C(=O)NC3CCN(C)CC3)ccc21. The Morgan fingerprint density at radius 3 is 2.67 bits per heavy atom. The summed E-state index contributed by atoms with van der Waals surface area (Å²) in [5.41, 5.74) is 0.361. The standard InChI is InChI=1S/C17H22N4O3/c1-3-21-14-5-4-11(10-13(14)19-16(23)17(21)24)15(22)18-12-6-8-20(2)9-7-12/h4-5,10,12H,3,6-9H2,1-2H3,(H,18,22)(H,19,23). The summed E-state index contributed by atoms with van der Waals surface area (Å²) in [6.45, 7) is 4.15. The second-order valence-electron chi connectivity index (χ2n) is 6.29. The van der Waals surface area contributed by atoms with Crippen molar-refractivity contribution in [2.45, 2.75) is 32.4 Å². The molecule has 128 valence electrons. The number of piperidine rings is 1. The molecule has 1 aromatic carbocycles. The number of likely N-dealkylation sites (tertiary alicyclic amines) is 1. The van der Waals surface area contributed by atoms with Gasteiger partial charge in [0, 0.05) is 18.2 Å². The molecular formula is C17H22N4O3. The van der Waals surface area contributed by atoms with Gasteiger partial charge in [-0.05, 0) is 58.1 Å². The largest absolute Gasteiger partial charge is 0.349 e. The third-order valence-corrected chi connectivity index (χ3v) is 4.61. The molecule has 1 aromatic heterocycles. The first-order valence-corrected chi connectivity index (χ1v) is 8.26. The molecule has 3 rings (SSSR count). The minimum absolute atomic E-state index is 0.151. The lowest BCUT2D eigenvalue weighted by atomic mass is 10.0. The lowest BCUT2D eigenvalue weighted by Crippen LogP contribution is -2.43. The number of aryl methyl sites for hydroxylation is 1. The van der Waals surface area contributed by atoms with Crippen LogP contribution in [0.2, 0.25) is 0 Å². The van der Waals surface area contributed by atoms with Gasteiger partial charge in [0.2, 0.25) is 0 Å². The van der Waals surface area contributed by atoms with Crippen LogP contribution in [0.1, 0.15) is 30.1 Å². The van der Waals surface area contributed by atoms with E-state index >= 15 is 0 Å². The van der Waals surface area contributed by atoms with Crippen molar-refractivity contribution in [3.05, 3.63) is 44.5 Å². The quantitative estimate of drug-likeness (QED) is 0.804. The minimum Gasteiger partial charge on any atom is -0.349 e. The van der Waals surface area contributed by atoms with Crippen LogP contribution in [0.25, 0.3) is 11.0 Å². The number of H-pyrrole nitrogens is 1. The molecule has 24 heavy (non-hydrogen) atoms. The van der Waals surface area contributed by atoms with Crippen molar-refractivity contribution in [1.82, 2.24) is 19.8 Å². The summed E-state index contributed by atoms with van der Waals surface area (Å²) in [7, 11) is 2.07. The Hall–Kier alpha value is -2.41. The highest BCUT2D eigenvalue weighted by Crippen LogP contribution is 2.13. The Kier molecular flexibility index (Phi) is 4.53. The first-order valence-electron chi connectivity index (χ1n) is 8.26. The molecule has 0 bridgehead atoms. The monoisotopic (exact) mass is 330 g/mol. The average Bonchev–Trinajstić information content (AvgIpc) is 2.57. The van der Waals surface area contributed by atoms with Gasteiger partial charge in [0.05, 0.1) is 11.0 Å². The van der Waals surface area contributed by atoms with E-state index in [0.717, 1.165) is 25.9 Å². The van der Waals surface area contributed by atoms with Gasteiger partial charge in [-0.25, -0.2) is 0 Å². The maximum atomic E-state index is 12.5. The Morgan fingerprint density at radius 2 is 2.00 bits per heavy atom. The number of nitrogens with zero attached hydrogens (tertiary/aromatic N) is 2. The van der Waals surface area contributed by atoms with Crippen molar-refractivity contribution in [2.75, 3.05) is 20.1 Å². The molecule has 0 unspecified atom stereocenters. The van der Waals surface area contributed by atoms with Crippen LogP contribution >= 0.6 is 0 Å². The smallest absolute Gasteiger partial charge is 0.316 e. The van der Waals surface area contributed by atoms with Crippen molar-refractivity contribution >= 4 is 16.9 Å². The van der Waals surface area contributed by atoms with Crippen LogP contribution in [0, 0.1) is 0 Å². The van der Waals surface area contributed by atoms with Crippen LogP contribution in [-0.4, -0.2) is 46.5 Å². The van der Waals surface area contributed by atoms with Gasteiger partial charge in [-0.2, -0.15) is 0 Å². The summed E-state index contributed by atoms with van der Waals surface area (Å²) in [6.07, 6.45) is 1.87. The third kappa shape index (κ3) is 3.12. The van der Waals surface area contributed by atoms with Gasteiger partial charge < -0.3 is 19.8 Å². The van der Waals surface area contributed by atoms with E-state index in [1.165, 1.54) is 4.57 Å². The Balaban J connectivity index is 1.88. The second-order valence-corrected chi connectivity index (χ2v) is 6.29. The van der Waals surface area contributed by atoms with Gasteiger partial charge in [0.15, 0.2) is 0 Å². The van der Waals surface area contributed by atoms with E-state index in [1.54, 1.807) is 25.1 Å². The summed E-state index contributed by atoms with van der Waals surface area (Å²) in [6, 6.07) is 5.20. The maximum absolute atomic E-state index is 12.5. The van der Waals surface area contributed by atoms with Crippen LogP contribution in [0.3, 0.4) is 0 Å². The van der Waals surface area contributed by atoms with Crippen LogP contribution in [0.4, 0.5) is 0 Å². The Bertz CT molecular complexity index is 876. The third-order valence-electron chi connectivity index (χ3n) is 4.61. The van der Waals surface area contributed by atoms with Crippen LogP contribution in [0.5, 0.6) is 0 Å². The molecule has 2 heterocycles. The summed E-state index contributed by atoms with van der Waals surface area (Å²) in [4.78, 5) is 40.9. The van der Waals surface area contributed by atoms with Crippen molar-refractivity contribution in [3.63, 3.8) is 0 Å². The number of nitrogens with one attached hydrogen (secondary N) is 2. The number of aromatic amines is 1. The number of rotatable bonds is 3.